The molecule has 0 saturated heterocycles. The molecular formula is C25H28N6O. The number of amides is 1. The summed E-state index contributed by atoms with van der Waals surface area (Å²) in [6, 6.07) is 12.7. The number of aryl methyl sites for hydroxylation is 1. The van der Waals surface area contributed by atoms with Crippen molar-refractivity contribution >= 4 is 29.2 Å². The average Bonchev–Trinajstić information content (AvgIpc) is 2.76. The molecule has 0 fully saturated rings. The van der Waals surface area contributed by atoms with Crippen molar-refractivity contribution in [1.29, 1.82) is 0 Å². The standard InChI is InChI=1S/C25H28N6O/c1-17-9-10-21(28-24(32)18-6-4-8-20(26)14-18)15-23(17)30-25(2)27-12-11-22(29-25)19-7-5-13-31(3)16-19/h4-12,14-16,29-30H,13,26H2,1-3H3,(H,28,32). The molecule has 0 aliphatic carbocycles. The lowest BCUT2D eigenvalue weighted by molar-refractivity contribution is 0.102. The van der Waals surface area contributed by atoms with Crippen molar-refractivity contribution in [3.63, 3.8) is 0 Å². The van der Waals surface area contributed by atoms with Crippen LogP contribution >= 0.6 is 0 Å². The molecule has 1 amide bonds. The smallest absolute Gasteiger partial charge is 0.255 e. The van der Waals surface area contributed by atoms with Crippen molar-refractivity contribution in [1.82, 2.24) is 10.2 Å². The minimum Gasteiger partial charge on any atom is -0.399 e. The highest BCUT2D eigenvalue weighted by Crippen LogP contribution is 2.27. The molecule has 32 heavy (non-hydrogen) atoms. The maximum Gasteiger partial charge on any atom is 0.255 e. The van der Waals surface area contributed by atoms with Crippen molar-refractivity contribution in [2.45, 2.75) is 19.6 Å². The molecule has 2 aliphatic rings. The molecule has 0 aromatic heterocycles. The maximum atomic E-state index is 12.6. The number of allylic oxidation sites excluding steroid dienone is 2. The second kappa shape index (κ2) is 8.63. The Morgan fingerprint density at radius 1 is 1.25 bits per heavy atom. The quantitative estimate of drug-likeness (QED) is 0.543. The first-order chi connectivity index (χ1) is 15.3. The Kier molecular flexibility index (Phi) is 5.73. The van der Waals surface area contributed by atoms with Crippen LogP contribution in [0.1, 0.15) is 22.8 Å². The number of aliphatic imine (C=N–C) groups is 1. The number of nitrogens with two attached hydrogens (primary N) is 1. The molecule has 0 radical (unpaired) electrons. The van der Waals surface area contributed by atoms with Crippen LogP contribution in [0.15, 0.2) is 83.2 Å². The lowest BCUT2D eigenvalue weighted by Crippen LogP contribution is -2.49. The largest absolute Gasteiger partial charge is 0.399 e. The van der Waals surface area contributed by atoms with Crippen LogP contribution in [0.3, 0.4) is 0 Å². The van der Waals surface area contributed by atoms with E-state index in [1.165, 1.54) is 0 Å². The molecule has 1 unspecified atom stereocenters. The van der Waals surface area contributed by atoms with Crippen molar-refractivity contribution in [2.75, 3.05) is 30.0 Å². The van der Waals surface area contributed by atoms with E-state index in [9.17, 15) is 4.79 Å². The van der Waals surface area contributed by atoms with E-state index < -0.39 is 5.79 Å². The third-order valence-corrected chi connectivity index (χ3v) is 5.34. The molecule has 1 atom stereocenters. The number of anilines is 3. The number of likely N-dealkylation sites (N-methyl/N-ethyl adjacent to an activating group) is 1. The Hall–Kier alpha value is -4.00. The van der Waals surface area contributed by atoms with Crippen LogP contribution in [0.4, 0.5) is 17.1 Å². The number of hydrogen-bond donors (Lipinski definition) is 4. The van der Waals surface area contributed by atoms with Gasteiger partial charge in [-0.1, -0.05) is 24.3 Å². The van der Waals surface area contributed by atoms with Gasteiger partial charge in [-0.3, -0.25) is 4.79 Å². The van der Waals surface area contributed by atoms with Crippen molar-refractivity contribution in [3.05, 3.63) is 89.3 Å². The van der Waals surface area contributed by atoms with Gasteiger partial charge in [-0.2, -0.15) is 0 Å². The van der Waals surface area contributed by atoms with Crippen LogP contribution in [0.2, 0.25) is 0 Å². The molecule has 2 heterocycles. The van der Waals surface area contributed by atoms with E-state index in [-0.39, 0.29) is 5.91 Å². The summed E-state index contributed by atoms with van der Waals surface area (Å²) in [7, 11) is 2.05. The van der Waals surface area contributed by atoms with E-state index in [2.05, 4.69) is 44.2 Å². The summed E-state index contributed by atoms with van der Waals surface area (Å²) in [6.07, 6.45) is 10.1. The zero-order chi connectivity index (χ0) is 22.7. The summed E-state index contributed by atoms with van der Waals surface area (Å²) in [5.74, 6) is -0.951. The molecule has 7 heteroatoms. The molecule has 164 valence electrons. The van der Waals surface area contributed by atoms with Crippen molar-refractivity contribution in [2.24, 2.45) is 4.99 Å². The Morgan fingerprint density at radius 2 is 2.09 bits per heavy atom. The number of nitrogens with one attached hydrogen (secondary N) is 3. The highest BCUT2D eigenvalue weighted by Gasteiger charge is 2.27. The number of nitrogens with zero attached hydrogens (tertiary/aromatic N) is 2. The van der Waals surface area contributed by atoms with Crippen LogP contribution in [-0.4, -0.2) is 36.4 Å². The number of carbonyl (C=O) groups is 1. The molecule has 5 N–H and O–H groups in total. The first-order valence-electron chi connectivity index (χ1n) is 10.5. The molecule has 2 aromatic rings. The summed E-state index contributed by atoms with van der Waals surface area (Å²) in [5.41, 5.74) is 11.5. The van der Waals surface area contributed by atoms with Gasteiger partial charge < -0.3 is 26.6 Å². The molecule has 2 aliphatic heterocycles. The molecule has 0 spiro atoms. The minimum atomic E-state index is -0.740. The van der Waals surface area contributed by atoms with Gasteiger partial charge in [-0.05, 0) is 55.8 Å². The van der Waals surface area contributed by atoms with Crippen molar-refractivity contribution in [3.8, 4) is 0 Å². The molecule has 7 nitrogen and oxygen atoms in total. The van der Waals surface area contributed by atoms with E-state index in [4.69, 9.17) is 5.73 Å². The highest BCUT2D eigenvalue weighted by atomic mass is 16.1. The van der Waals surface area contributed by atoms with Crippen LogP contribution in [0, 0.1) is 6.92 Å². The van der Waals surface area contributed by atoms with Gasteiger partial charge in [0.15, 0.2) is 0 Å². The first-order valence-corrected chi connectivity index (χ1v) is 10.5. The van der Waals surface area contributed by atoms with Gasteiger partial charge in [0.1, 0.15) is 0 Å². The van der Waals surface area contributed by atoms with Crippen LogP contribution < -0.4 is 21.7 Å². The molecular weight excluding hydrogens is 400 g/mol. The number of nitrogen functional groups attached to an aromatic ring is 1. The molecule has 2 aromatic carbocycles. The number of carbonyl (C=O) groups excluding carboxylic acids is 1. The third-order valence-electron chi connectivity index (χ3n) is 5.34. The zero-order valence-corrected chi connectivity index (χ0v) is 18.5. The predicted octanol–water partition coefficient (Wildman–Crippen LogP) is 3.86. The van der Waals surface area contributed by atoms with Gasteiger partial charge in [0.05, 0.1) is 0 Å². The molecule has 0 saturated carbocycles. The fourth-order valence-corrected chi connectivity index (χ4v) is 3.65. The minimum absolute atomic E-state index is 0.211. The second-order valence-electron chi connectivity index (χ2n) is 8.22. The monoisotopic (exact) mass is 428 g/mol. The summed E-state index contributed by atoms with van der Waals surface area (Å²) < 4.78 is 0. The van der Waals surface area contributed by atoms with Gasteiger partial charge in [0, 0.05) is 59.9 Å². The Morgan fingerprint density at radius 3 is 2.88 bits per heavy atom. The topological polar surface area (TPSA) is 94.8 Å². The van der Waals surface area contributed by atoms with E-state index in [0.29, 0.717) is 16.9 Å². The summed E-state index contributed by atoms with van der Waals surface area (Å²) in [5, 5.41) is 9.91. The summed E-state index contributed by atoms with van der Waals surface area (Å²) >= 11 is 0. The third kappa shape index (κ3) is 4.83. The number of hydrogen-bond acceptors (Lipinski definition) is 6. The summed E-state index contributed by atoms with van der Waals surface area (Å²) in [6.45, 7) is 4.89. The second-order valence-corrected chi connectivity index (χ2v) is 8.22. The Bertz CT molecular complexity index is 1160. The zero-order valence-electron chi connectivity index (χ0n) is 18.5. The van der Waals surface area contributed by atoms with Crippen LogP contribution in [0.25, 0.3) is 0 Å². The van der Waals surface area contributed by atoms with Gasteiger partial charge in [0.25, 0.3) is 5.91 Å². The highest BCUT2D eigenvalue weighted by molar-refractivity contribution is 6.05. The number of rotatable bonds is 5. The molecule has 0 bridgehead atoms. The first kappa shape index (κ1) is 21.2. The van der Waals surface area contributed by atoms with Gasteiger partial charge >= 0.3 is 0 Å². The lowest BCUT2D eigenvalue weighted by Gasteiger charge is -2.34. The summed E-state index contributed by atoms with van der Waals surface area (Å²) in [4.78, 5) is 19.4. The van der Waals surface area contributed by atoms with Gasteiger partial charge in [-0.15, -0.1) is 0 Å². The van der Waals surface area contributed by atoms with Crippen molar-refractivity contribution < 1.29 is 4.79 Å². The number of benzene rings is 2. The SMILES string of the molecule is Cc1ccc(NC(=O)c2cccc(N)c2)cc1NC1(C)N=CC=C(C2=CN(C)CC=C2)N1. The average molecular weight is 429 g/mol. The molecule has 4 rings (SSSR count). The van der Waals surface area contributed by atoms with Crippen LogP contribution in [-0.2, 0) is 0 Å². The van der Waals surface area contributed by atoms with E-state index in [1.807, 2.05) is 51.4 Å². The van der Waals surface area contributed by atoms with Crippen LogP contribution in [0.5, 0.6) is 0 Å². The normalized spacial score (nSPS) is 19.7. The predicted molar refractivity (Wildman–Crippen MR) is 132 cm³/mol. The maximum absolute atomic E-state index is 12.6. The van der Waals surface area contributed by atoms with E-state index >= 15 is 0 Å². The fraction of sp³-hybridized carbons (Fsp3) is 0.200. The van der Waals surface area contributed by atoms with Gasteiger partial charge in [0.2, 0.25) is 5.79 Å². The Balaban J connectivity index is 1.50. The van der Waals surface area contributed by atoms with E-state index in [0.717, 1.165) is 29.1 Å². The van der Waals surface area contributed by atoms with Gasteiger partial charge in [-0.25, -0.2) is 4.99 Å². The van der Waals surface area contributed by atoms with E-state index in [1.54, 1.807) is 24.3 Å². The fourth-order valence-electron chi connectivity index (χ4n) is 3.65. The lowest BCUT2D eigenvalue weighted by atomic mass is 10.1. The Labute approximate surface area is 188 Å².